The topological polar surface area (TPSA) is 42.7 Å². The van der Waals surface area contributed by atoms with Crippen molar-refractivity contribution in [3.63, 3.8) is 0 Å². The maximum Gasteiger partial charge on any atom is 0.112 e. The molecule has 0 radical (unpaired) electrons. The van der Waals surface area contributed by atoms with E-state index in [1.54, 1.807) is 0 Å². The number of nitrogens with zero attached hydrogens (tertiary/aromatic N) is 3. The number of rotatable bonds is 4. The van der Waals surface area contributed by atoms with E-state index >= 15 is 0 Å². The van der Waals surface area contributed by atoms with Crippen LogP contribution in [0, 0.1) is 0 Å². The molecule has 2 heterocycles. The van der Waals surface area contributed by atoms with Crippen molar-refractivity contribution in [3.8, 4) is 5.69 Å². The summed E-state index contributed by atoms with van der Waals surface area (Å²) in [6.45, 7) is 2.94. The van der Waals surface area contributed by atoms with Crippen LogP contribution in [-0.4, -0.2) is 21.6 Å². The van der Waals surface area contributed by atoms with E-state index in [-0.39, 0.29) is 0 Å². The molecule has 0 bridgehead atoms. The Hall–Kier alpha value is -1.68. The van der Waals surface area contributed by atoms with Crippen LogP contribution in [0.25, 0.3) is 5.69 Å². The second-order valence-electron chi connectivity index (χ2n) is 3.60. The van der Waals surface area contributed by atoms with E-state index in [4.69, 9.17) is 0 Å². The second kappa shape index (κ2) is 4.90. The molecule has 2 rings (SSSR count). The fourth-order valence-electron chi connectivity index (χ4n) is 1.79. The summed E-state index contributed by atoms with van der Waals surface area (Å²) in [4.78, 5) is 8.51. The van der Waals surface area contributed by atoms with Crippen LogP contribution in [0.4, 0.5) is 0 Å². The molecule has 4 nitrogen and oxygen atoms in total. The molecule has 0 saturated carbocycles. The minimum Gasteiger partial charge on any atom is -0.316 e. The Morgan fingerprint density at radius 1 is 1.38 bits per heavy atom. The first-order chi connectivity index (χ1) is 7.86. The monoisotopic (exact) mass is 216 g/mol. The zero-order valence-electron chi connectivity index (χ0n) is 9.64. The van der Waals surface area contributed by atoms with Crippen LogP contribution >= 0.6 is 0 Å². The molecule has 0 amide bonds. The van der Waals surface area contributed by atoms with E-state index in [2.05, 4.69) is 26.8 Å². The lowest BCUT2D eigenvalue weighted by Crippen LogP contribution is -2.10. The van der Waals surface area contributed by atoms with E-state index in [1.165, 1.54) is 5.56 Å². The largest absolute Gasteiger partial charge is 0.316 e. The first kappa shape index (κ1) is 10.8. The van der Waals surface area contributed by atoms with Crippen LogP contribution < -0.4 is 5.32 Å². The van der Waals surface area contributed by atoms with Crippen molar-refractivity contribution < 1.29 is 0 Å². The molecule has 0 unspecified atom stereocenters. The van der Waals surface area contributed by atoms with Crippen LogP contribution in [0.3, 0.4) is 0 Å². The zero-order valence-corrected chi connectivity index (χ0v) is 9.64. The van der Waals surface area contributed by atoms with Gasteiger partial charge in [-0.15, -0.1) is 0 Å². The SMILES string of the molecule is CCc1nccn1-c1cnccc1CNC. The lowest BCUT2D eigenvalue weighted by molar-refractivity contribution is 0.794. The average molecular weight is 216 g/mol. The Morgan fingerprint density at radius 3 is 3.00 bits per heavy atom. The van der Waals surface area contributed by atoms with Crippen molar-refractivity contribution >= 4 is 0 Å². The summed E-state index contributed by atoms with van der Waals surface area (Å²) in [5.41, 5.74) is 2.33. The van der Waals surface area contributed by atoms with Crippen LogP contribution in [0.5, 0.6) is 0 Å². The molecular formula is C12H16N4. The molecular weight excluding hydrogens is 200 g/mol. The van der Waals surface area contributed by atoms with E-state index in [1.807, 2.05) is 37.9 Å². The normalized spacial score (nSPS) is 10.6. The highest BCUT2D eigenvalue weighted by molar-refractivity contribution is 5.39. The van der Waals surface area contributed by atoms with Gasteiger partial charge in [-0.05, 0) is 18.7 Å². The molecule has 0 aliphatic carbocycles. The molecule has 0 saturated heterocycles. The summed E-state index contributed by atoms with van der Waals surface area (Å²) in [5.74, 6) is 1.06. The lowest BCUT2D eigenvalue weighted by atomic mass is 10.2. The predicted molar refractivity (Wildman–Crippen MR) is 63.5 cm³/mol. The van der Waals surface area contributed by atoms with Gasteiger partial charge in [0.15, 0.2) is 0 Å². The van der Waals surface area contributed by atoms with Gasteiger partial charge in [-0.25, -0.2) is 4.98 Å². The molecule has 16 heavy (non-hydrogen) atoms. The Balaban J connectivity index is 2.46. The number of imidazole rings is 1. The summed E-state index contributed by atoms with van der Waals surface area (Å²) in [5, 5.41) is 3.16. The third-order valence-electron chi connectivity index (χ3n) is 2.55. The summed E-state index contributed by atoms with van der Waals surface area (Å²) in [7, 11) is 1.94. The van der Waals surface area contributed by atoms with Gasteiger partial charge in [0.05, 0.1) is 11.9 Å². The third-order valence-corrected chi connectivity index (χ3v) is 2.55. The van der Waals surface area contributed by atoms with Crippen LogP contribution in [0.1, 0.15) is 18.3 Å². The molecule has 4 heteroatoms. The van der Waals surface area contributed by atoms with E-state index in [0.717, 1.165) is 24.5 Å². The number of hydrogen-bond acceptors (Lipinski definition) is 3. The standard InChI is InChI=1S/C12H16N4/c1-3-12-15-6-7-16(12)11-9-14-5-4-10(11)8-13-2/h4-7,9,13H,3,8H2,1-2H3. The van der Waals surface area contributed by atoms with Gasteiger partial charge in [0.25, 0.3) is 0 Å². The first-order valence-corrected chi connectivity index (χ1v) is 5.47. The molecule has 84 valence electrons. The Labute approximate surface area is 95.4 Å². The summed E-state index contributed by atoms with van der Waals surface area (Å²) in [6.07, 6.45) is 8.43. The number of aromatic nitrogens is 3. The van der Waals surface area contributed by atoms with Crippen LogP contribution in [0.2, 0.25) is 0 Å². The summed E-state index contributed by atoms with van der Waals surface area (Å²) >= 11 is 0. The first-order valence-electron chi connectivity index (χ1n) is 5.47. The number of pyridine rings is 1. The van der Waals surface area contributed by atoms with Crippen LogP contribution in [-0.2, 0) is 13.0 Å². The Bertz CT molecular complexity index is 462. The lowest BCUT2D eigenvalue weighted by Gasteiger charge is -2.11. The minimum atomic E-state index is 0.833. The summed E-state index contributed by atoms with van der Waals surface area (Å²) in [6, 6.07) is 2.03. The molecule has 0 spiro atoms. The smallest absolute Gasteiger partial charge is 0.112 e. The van der Waals surface area contributed by atoms with E-state index in [9.17, 15) is 0 Å². The average Bonchev–Trinajstić information content (AvgIpc) is 2.78. The number of aryl methyl sites for hydroxylation is 1. The van der Waals surface area contributed by atoms with E-state index in [0.29, 0.717) is 0 Å². The van der Waals surface area contributed by atoms with Gasteiger partial charge in [0.1, 0.15) is 5.82 Å². The van der Waals surface area contributed by atoms with Crippen molar-refractivity contribution in [2.75, 3.05) is 7.05 Å². The number of hydrogen-bond donors (Lipinski definition) is 1. The molecule has 0 fully saturated rings. The van der Waals surface area contributed by atoms with Crippen molar-refractivity contribution in [1.29, 1.82) is 0 Å². The van der Waals surface area contributed by atoms with Gasteiger partial charge < -0.3 is 9.88 Å². The van der Waals surface area contributed by atoms with Crippen LogP contribution in [0.15, 0.2) is 30.9 Å². The molecule has 2 aromatic rings. The van der Waals surface area contributed by atoms with Gasteiger partial charge in [-0.1, -0.05) is 6.92 Å². The Kier molecular flexibility index (Phi) is 3.31. The van der Waals surface area contributed by atoms with E-state index < -0.39 is 0 Å². The van der Waals surface area contributed by atoms with Gasteiger partial charge in [0, 0.05) is 31.6 Å². The maximum atomic E-state index is 4.33. The van der Waals surface area contributed by atoms with Crippen molar-refractivity contribution in [2.24, 2.45) is 0 Å². The fourth-order valence-corrected chi connectivity index (χ4v) is 1.79. The zero-order chi connectivity index (χ0) is 11.4. The quantitative estimate of drug-likeness (QED) is 0.843. The predicted octanol–water partition coefficient (Wildman–Crippen LogP) is 1.55. The van der Waals surface area contributed by atoms with Crippen molar-refractivity contribution in [1.82, 2.24) is 19.9 Å². The number of nitrogens with one attached hydrogen (secondary N) is 1. The fraction of sp³-hybridized carbons (Fsp3) is 0.333. The summed E-state index contributed by atoms with van der Waals surface area (Å²) < 4.78 is 2.10. The molecule has 0 aromatic carbocycles. The van der Waals surface area contributed by atoms with Gasteiger partial charge in [-0.2, -0.15) is 0 Å². The highest BCUT2D eigenvalue weighted by Crippen LogP contribution is 2.15. The molecule has 1 N–H and O–H groups in total. The highest BCUT2D eigenvalue weighted by Gasteiger charge is 2.07. The maximum absolute atomic E-state index is 4.33. The van der Waals surface area contributed by atoms with Crippen molar-refractivity contribution in [3.05, 3.63) is 42.2 Å². The van der Waals surface area contributed by atoms with Gasteiger partial charge in [0.2, 0.25) is 0 Å². The Morgan fingerprint density at radius 2 is 2.25 bits per heavy atom. The molecule has 0 atom stereocenters. The van der Waals surface area contributed by atoms with Gasteiger partial charge in [-0.3, -0.25) is 4.98 Å². The second-order valence-corrected chi connectivity index (χ2v) is 3.60. The van der Waals surface area contributed by atoms with Crippen molar-refractivity contribution in [2.45, 2.75) is 19.9 Å². The molecule has 0 aliphatic rings. The molecule has 2 aromatic heterocycles. The highest BCUT2D eigenvalue weighted by atomic mass is 15.1. The molecule has 0 aliphatic heterocycles. The van der Waals surface area contributed by atoms with Gasteiger partial charge >= 0.3 is 0 Å². The minimum absolute atomic E-state index is 0.833. The third kappa shape index (κ3) is 1.97.